The first-order valence-electron chi connectivity index (χ1n) is 6.99. The molecular formula is C16H20Cl2FN3O3. The van der Waals surface area contributed by atoms with Crippen LogP contribution in [0.3, 0.4) is 0 Å². The van der Waals surface area contributed by atoms with Crippen molar-refractivity contribution in [1.82, 2.24) is 10.3 Å². The van der Waals surface area contributed by atoms with Crippen molar-refractivity contribution in [2.24, 2.45) is 5.73 Å². The molecule has 1 aromatic carbocycles. The molecule has 1 heterocycles. The van der Waals surface area contributed by atoms with Crippen molar-refractivity contribution in [3.63, 3.8) is 0 Å². The molecule has 6 nitrogen and oxygen atoms in total. The Hall–Kier alpha value is -1.93. The molecule has 25 heavy (non-hydrogen) atoms. The number of aromatic nitrogens is 1. The van der Waals surface area contributed by atoms with Crippen molar-refractivity contribution >= 4 is 30.7 Å². The van der Waals surface area contributed by atoms with Crippen LogP contribution in [0, 0.1) is 5.82 Å². The van der Waals surface area contributed by atoms with Gasteiger partial charge in [0.15, 0.2) is 0 Å². The van der Waals surface area contributed by atoms with Gasteiger partial charge in [0.1, 0.15) is 23.4 Å². The number of nitrogens with zero attached hydrogens (tertiary/aromatic N) is 1. The van der Waals surface area contributed by atoms with Gasteiger partial charge in [-0.1, -0.05) is 0 Å². The molecule has 2 rings (SSSR count). The summed E-state index contributed by atoms with van der Waals surface area (Å²) in [5.74, 6) is 0.396. The molecule has 9 heteroatoms. The molecule has 0 radical (unpaired) electrons. The van der Waals surface area contributed by atoms with Crippen LogP contribution in [0.25, 0.3) is 0 Å². The summed E-state index contributed by atoms with van der Waals surface area (Å²) in [6, 6.07) is 8.32. The summed E-state index contributed by atoms with van der Waals surface area (Å²) in [7, 11) is 1.48. The molecular weight excluding hydrogens is 372 g/mol. The predicted molar refractivity (Wildman–Crippen MR) is 96.9 cm³/mol. The third-order valence-corrected chi connectivity index (χ3v) is 2.96. The quantitative estimate of drug-likeness (QED) is 0.756. The Balaban J connectivity index is 0.00000288. The van der Waals surface area contributed by atoms with E-state index in [-0.39, 0.29) is 49.7 Å². The Morgan fingerprint density at radius 1 is 1.24 bits per heavy atom. The highest BCUT2D eigenvalue weighted by atomic mass is 35.5. The molecule has 2 aromatic rings. The maximum absolute atomic E-state index is 12.9. The van der Waals surface area contributed by atoms with Gasteiger partial charge in [-0.15, -0.1) is 24.8 Å². The summed E-state index contributed by atoms with van der Waals surface area (Å²) in [6.07, 6.45) is 1.56. The van der Waals surface area contributed by atoms with Gasteiger partial charge in [-0.2, -0.15) is 0 Å². The molecule has 0 saturated heterocycles. The van der Waals surface area contributed by atoms with E-state index in [0.717, 1.165) is 0 Å². The smallest absolute Gasteiger partial charge is 0.239 e. The van der Waals surface area contributed by atoms with Gasteiger partial charge in [-0.05, 0) is 30.3 Å². The number of nitrogens with one attached hydrogen (secondary N) is 1. The molecule has 0 spiro atoms. The summed E-state index contributed by atoms with van der Waals surface area (Å²) in [5, 5.41) is 2.67. The summed E-state index contributed by atoms with van der Waals surface area (Å²) in [4.78, 5) is 15.8. The second-order valence-corrected chi connectivity index (χ2v) is 4.82. The van der Waals surface area contributed by atoms with E-state index in [0.29, 0.717) is 17.2 Å². The van der Waals surface area contributed by atoms with Crippen molar-refractivity contribution in [2.75, 3.05) is 13.7 Å². The van der Waals surface area contributed by atoms with E-state index in [1.165, 1.54) is 31.4 Å². The largest absolute Gasteiger partial charge is 0.457 e. The summed E-state index contributed by atoms with van der Waals surface area (Å²) < 4.78 is 23.3. The molecule has 1 unspecified atom stereocenters. The van der Waals surface area contributed by atoms with Crippen LogP contribution in [0.1, 0.15) is 5.69 Å². The van der Waals surface area contributed by atoms with E-state index in [1.54, 1.807) is 18.3 Å². The lowest BCUT2D eigenvalue weighted by molar-refractivity contribution is -0.123. The highest BCUT2D eigenvalue weighted by molar-refractivity contribution is 5.85. The van der Waals surface area contributed by atoms with Crippen molar-refractivity contribution in [2.45, 2.75) is 12.6 Å². The number of hydrogen-bond donors (Lipinski definition) is 2. The maximum Gasteiger partial charge on any atom is 0.239 e. The van der Waals surface area contributed by atoms with E-state index in [2.05, 4.69) is 10.3 Å². The van der Waals surface area contributed by atoms with E-state index in [1.807, 2.05) is 0 Å². The second kappa shape index (κ2) is 11.6. The molecule has 0 saturated carbocycles. The molecule has 0 bridgehead atoms. The normalized spacial score (nSPS) is 10.8. The molecule has 0 aliphatic carbocycles. The zero-order chi connectivity index (χ0) is 16.7. The van der Waals surface area contributed by atoms with Crippen molar-refractivity contribution in [1.29, 1.82) is 0 Å². The number of carbonyl (C=O) groups excluding carboxylic acids is 1. The average Bonchev–Trinajstić information content (AvgIpc) is 2.55. The molecule has 1 atom stereocenters. The number of halogens is 3. The number of hydrogen-bond acceptors (Lipinski definition) is 5. The first-order chi connectivity index (χ1) is 11.1. The standard InChI is InChI=1S/C16H18FN3O3.2ClH/c1-22-10-15(18)16(21)20-9-12-8-14(6-7-19-12)23-13-4-2-11(17)3-5-13;;/h2-8,15H,9-10,18H2,1H3,(H,20,21);2*1H. The Morgan fingerprint density at radius 2 is 1.92 bits per heavy atom. The zero-order valence-corrected chi connectivity index (χ0v) is 15.1. The highest BCUT2D eigenvalue weighted by Crippen LogP contribution is 2.21. The lowest BCUT2D eigenvalue weighted by Crippen LogP contribution is -2.43. The number of carbonyl (C=O) groups is 1. The minimum atomic E-state index is -0.723. The van der Waals surface area contributed by atoms with Crippen molar-refractivity contribution in [3.8, 4) is 11.5 Å². The fourth-order valence-corrected chi connectivity index (χ4v) is 1.82. The average molecular weight is 392 g/mol. The monoisotopic (exact) mass is 391 g/mol. The van der Waals surface area contributed by atoms with Gasteiger partial charge in [0.25, 0.3) is 0 Å². The van der Waals surface area contributed by atoms with Crippen LogP contribution in [0.2, 0.25) is 0 Å². The van der Waals surface area contributed by atoms with Crippen molar-refractivity contribution < 1.29 is 18.7 Å². The Morgan fingerprint density at radius 3 is 2.56 bits per heavy atom. The van der Waals surface area contributed by atoms with Crippen LogP contribution in [0.4, 0.5) is 4.39 Å². The first kappa shape index (κ1) is 23.1. The molecule has 138 valence electrons. The number of pyridine rings is 1. The van der Waals surface area contributed by atoms with E-state index in [9.17, 15) is 9.18 Å². The number of amides is 1. The Labute approximate surface area is 157 Å². The first-order valence-corrected chi connectivity index (χ1v) is 6.99. The molecule has 0 aliphatic heterocycles. The molecule has 3 N–H and O–H groups in total. The predicted octanol–water partition coefficient (Wildman–Crippen LogP) is 2.45. The lowest BCUT2D eigenvalue weighted by Gasteiger charge is -2.11. The van der Waals surface area contributed by atoms with Gasteiger partial charge in [0.05, 0.1) is 18.8 Å². The van der Waals surface area contributed by atoms with Gasteiger partial charge in [-0.25, -0.2) is 4.39 Å². The SMILES string of the molecule is COCC(N)C(=O)NCc1cc(Oc2ccc(F)cc2)ccn1.Cl.Cl. The van der Waals surface area contributed by atoms with Crippen LogP contribution in [-0.2, 0) is 16.1 Å². The number of benzene rings is 1. The van der Waals surface area contributed by atoms with Crippen LogP contribution in [0.15, 0.2) is 42.6 Å². The van der Waals surface area contributed by atoms with E-state index < -0.39 is 6.04 Å². The van der Waals surface area contributed by atoms with Gasteiger partial charge in [0, 0.05) is 19.4 Å². The number of methoxy groups -OCH3 is 1. The van der Waals surface area contributed by atoms with E-state index >= 15 is 0 Å². The van der Waals surface area contributed by atoms with Crippen LogP contribution < -0.4 is 15.8 Å². The second-order valence-electron chi connectivity index (χ2n) is 4.82. The Kier molecular flexibility index (Phi) is 10.7. The lowest BCUT2D eigenvalue weighted by atomic mass is 10.3. The minimum Gasteiger partial charge on any atom is -0.457 e. The molecule has 1 aromatic heterocycles. The summed E-state index contributed by atoms with van der Waals surface area (Å²) in [5.41, 5.74) is 6.24. The van der Waals surface area contributed by atoms with Gasteiger partial charge in [0.2, 0.25) is 5.91 Å². The van der Waals surface area contributed by atoms with Gasteiger partial charge >= 0.3 is 0 Å². The fourth-order valence-electron chi connectivity index (χ4n) is 1.82. The number of rotatable bonds is 7. The Bertz CT molecular complexity index is 659. The summed E-state index contributed by atoms with van der Waals surface area (Å²) >= 11 is 0. The minimum absolute atomic E-state index is 0. The maximum atomic E-state index is 12.9. The fraction of sp³-hybridized carbons (Fsp3) is 0.250. The van der Waals surface area contributed by atoms with Crippen LogP contribution in [-0.4, -0.2) is 30.6 Å². The molecule has 1 amide bonds. The van der Waals surface area contributed by atoms with Gasteiger partial charge < -0.3 is 20.5 Å². The number of nitrogens with two attached hydrogens (primary N) is 1. The highest BCUT2D eigenvalue weighted by Gasteiger charge is 2.12. The third kappa shape index (κ3) is 7.66. The van der Waals surface area contributed by atoms with E-state index in [4.69, 9.17) is 15.2 Å². The number of ether oxygens (including phenoxy) is 2. The van der Waals surface area contributed by atoms with Gasteiger partial charge in [-0.3, -0.25) is 9.78 Å². The van der Waals surface area contributed by atoms with Crippen LogP contribution in [0.5, 0.6) is 11.5 Å². The third-order valence-electron chi connectivity index (χ3n) is 2.96. The van der Waals surface area contributed by atoms with Crippen LogP contribution >= 0.6 is 24.8 Å². The molecule has 0 fully saturated rings. The molecule has 0 aliphatic rings. The zero-order valence-electron chi connectivity index (χ0n) is 13.5. The van der Waals surface area contributed by atoms with Crippen molar-refractivity contribution in [3.05, 3.63) is 54.1 Å². The topological polar surface area (TPSA) is 86.5 Å². The summed E-state index contributed by atoms with van der Waals surface area (Å²) in [6.45, 7) is 0.365.